The number of fused-ring (bicyclic) bond motifs is 2. The van der Waals surface area contributed by atoms with Crippen LogP contribution in [-0.2, 0) is 4.79 Å². The largest absolute Gasteiger partial charge is 0.300 e. The second-order valence-electron chi connectivity index (χ2n) is 4.68. The van der Waals surface area contributed by atoms with Crippen molar-refractivity contribution >= 4 is 5.78 Å². The summed E-state index contributed by atoms with van der Waals surface area (Å²) in [4.78, 5) is 14.2. The molecule has 2 unspecified atom stereocenters. The van der Waals surface area contributed by atoms with Crippen LogP contribution in [0.4, 0.5) is 0 Å². The van der Waals surface area contributed by atoms with Gasteiger partial charge in [-0.05, 0) is 32.7 Å². The molecule has 0 radical (unpaired) electrons. The minimum atomic E-state index is 0.321. The van der Waals surface area contributed by atoms with Gasteiger partial charge in [0, 0.05) is 24.4 Å². The highest BCUT2D eigenvalue weighted by molar-refractivity contribution is 5.82. The van der Waals surface area contributed by atoms with Crippen molar-refractivity contribution in [3.05, 3.63) is 12.7 Å². The Labute approximate surface area is 86.0 Å². The van der Waals surface area contributed by atoms with E-state index >= 15 is 0 Å². The minimum Gasteiger partial charge on any atom is -0.300 e. The number of nitrogens with zero attached hydrogens (tertiary/aromatic N) is 1. The zero-order valence-corrected chi connectivity index (χ0v) is 8.91. The predicted octanol–water partition coefficient (Wildman–Crippen LogP) is 2.00. The molecule has 0 aromatic rings. The van der Waals surface area contributed by atoms with Crippen LogP contribution < -0.4 is 0 Å². The van der Waals surface area contributed by atoms with Crippen LogP contribution in [0.25, 0.3) is 0 Å². The molecule has 2 atom stereocenters. The number of carbonyl (C=O) groups excluding carboxylic acids is 1. The molecule has 0 N–H and O–H groups in total. The Balaban J connectivity index is 1.99. The van der Waals surface area contributed by atoms with Gasteiger partial charge in [0.05, 0.1) is 0 Å². The number of piperidine rings is 1. The van der Waals surface area contributed by atoms with Crippen molar-refractivity contribution in [3.63, 3.8) is 0 Å². The molecule has 0 saturated carbocycles. The fraction of sp³-hybridized carbons (Fsp3) is 0.750. The van der Waals surface area contributed by atoms with Gasteiger partial charge in [-0.3, -0.25) is 4.79 Å². The summed E-state index contributed by atoms with van der Waals surface area (Å²) >= 11 is 0. The quantitative estimate of drug-likeness (QED) is 0.639. The van der Waals surface area contributed by atoms with Crippen LogP contribution in [0, 0.1) is 5.92 Å². The Morgan fingerprint density at radius 2 is 2.00 bits per heavy atom. The molecular weight excluding hydrogens is 174 g/mol. The summed E-state index contributed by atoms with van der Waals surface area (Å²) in [5.41, 5.74) is 0. The molecule has 0 aromatic carbocycles. The van der Waals surface area contributed by atoms with Gasteiger partial charge in [-0.1, -0.05) is 6.08 Å². The van der Waals surface area contributed by atoms with Crippen molar-refractivity contribution in [3.8, 4) is 0 Å². The van der Waals surface area contributed by atoms with E-state index in [4.69, 9.17) is 0 Å². The Kier molecular flexibility index (Phi) is 2.73. The molecule has 2 rings (SSSR count). The van der Waals surface area contributed by atoms with E-state index in [-0.39, 0.29) is 0 Å². The molecule has 0 aliphatic carbocycles. The molecular formula is C12H19NO. The molecule has 14 heavy (non-hydrogen) atoms. The molecule has 2 saturated heterocycles. The summed E-state index contributed by atoms with van der Waals surface area (Å²) in [5, 5.41) is 0. The molecule has 2 nitrogen and oxygen atoms in total. The number of carbonyl (C=O) groups is 1. The highest BCUT2D eigenvalue weighted by atomic mass is 16.1. The van der Waals surface area contributed by atoms with Crippen LogP contribution in [-0.4, -0.2) is 29.8 Å². The van der Waals surface area contributed by atoms with Crippen molar-refractivity contribution in [2.75, 3.05) is 7.05 Å². The van der Waals surface area contributed by atoms with Crippen LogP contribution in [0.15, 0.2) is 12.7 Å². The van der Waals surface area contributed by atoms with Crippen LogP contribution in [0.5, 0.6) is 0 Å². The molecule has 2 bridgehead atoms. The summed E-state index contributed by atoms with van der Waals surface area (Å²) in [5.74, 6) is 0.728. The van der Waals surface area contributed by atoms with E-state index in [0.29, 0.717) is 30.2 Å². The monoisotopic (exact) mass is 193 g/mol. The lowest BCUT2D eigenvalue weighted by Gasteiger charge is -2.35. The zero-order valence-electron chi connectivity index (χ0n) is 8.91. The average Bonchev–Trinajstić information content (AvgIpc) is 2.42. The van der Waals surface area contributed by atoms with Gasteiger partial charge in [0.2, 0.25) is 0 Å². The average molecular weight is 193 g/mol. The van der Waals surface area contributed by atoms with Gasteiger partial charge < -0.3 is 4.90 Å². The van der Waals surface area contributed by atoms with E-state index in [1.807, 2.05) is 0 Å². The highest BCUT2D eigenvalue weighted by Crippen LogP contribution is 2.37. The maximum Gasteiger partial charge on any atom is 0.139 e. The molecule has 0 amide bonds. The molecule has 78 valence electrons. The number of hydrogen-bond donors (Lipinski definition) is 0. The van der Waals surface area contributed by atoms with Crippen molar-refractivity contribution in [1.29, 1.82) is 0 Å². The molecule has 0 aromatic heterocycles. The summed E-state index contributed by atoms with van der Waals surface area (Å²) < 4.78 is 0. The van der Waals surface area contributed by atoms with Gasteiger partial charge in [0.1, 0.15) is 5.78 Å². The molecule has 2 aliphatic heterocycles. The number of rotatable bonds is 3. The second kappa shape index (κ2) is 3.85. The first-order valence-corrected chi connectivity index (χ1v) is 5.58. The van der Waals surface area contributed by atoms with Crippen molar-refractivity contribution in [1.82, 2.24) is 4.90 Å². The van der Waals surface area contributed by atoms with Crippen LogP contribution in [0.3, 0.4) is 0 Å². The Hall–Kier alpha value is -0.630. The van der Waals surface area contributed by atoms with E-state index in [0.717, 1.165) is 12.8 Å². The van der Waals surface area contributed by atoms with Crippen LogP contribution in [0.2, 0.25) is 0 Å². The SMILES string of the molecule is C=CCC(=O)C1CC2CCC(C1)N2C. The molecule has 2 fully saturated rings. The van der Waals surface area contributed by atoms with Gasteiger partial charge >= 0.3 is 0 Å². The summed E-state index contributed by atoms with van der Waals surface area (Å²) in [7, 11) is 2.20. The maximum atomic E-state index is 11.7. The number of hydrogen-bond acceptors (Lipinski definition) is 2. The third-order valence-electron chi connectivity index (χ3n) is 3.90. The zero-order chi connectivity index (χ0) is 10.1. The first-order chi connectivity index (χ1) is 6.72. The topological polar surface area (TPSA) is 20.3 Å². The van der Waals surface area contributed by atoms with E-state index in [1.54, 1.807) is 6.08 Å². The summed E-state index contributed by atoms with van der Waals surface area (Å²) in [6.45, 7) is 3.63. The number of allylic oxidation sites excluding steroid dienone is 1. The van der Waals surface area contributed by atoms with E-state index in [2.05, 4.69) is 18.5 Å². The first-order valence-electron chi connectivity index (χ1n) is 5.58. The lowest BCUT2D eigenvalue weighted by molar-refractivity contribution is -0.124. The Morgan fingerprint density at radius 1 is 1.43 bits per heavy atom. The van der Waals surface area contributed by atoms with Gasteiger partial charge in [-0.15, -0.1) is 6.58 Å². The minimum absolute atomic E-state index is 0.321. The van der Waals surface area contributed by atoms with E-state index < -0.39 is 0 Å². The summed E-state index contributed by atoms with van der Waals surface area (Å²) in [6.07, 6.45) is 7.05. The van der Waals surface area contributed by atoms with Crippen molar-refractivity contribution in [2.24, 2.45) is 5.92 Å². The smallest absolute Gasteiger partial charge is 0.139 e. The fourth-order valence-electron chi connectivity index (χ4n) is 2.98. The van der Waals surface area contributed by atoms with Crippen LogP contribution >= 0.6 is 0 Å². The fourth-order valence-corrected chi connectivity index (χ4v) is 2.98. The van der Waals surface area contributed by atoms with Crippen LogP contribution in [0.1, 0.15) is 32.1 Å². The number of ketones is 1. The molecule has 2 heterocycles. The van der Waals surface area contributed by atoms with Gasteiger partial charge in [0.25, 0.3) is 0 Å². The van der Waals surface area contributed by atoms with Crippen molar-refractivity contribution < 1.29 is 4.79 Å². The van der Waals surface area contributed by atoms with E-state index in [1.165, 1.54) is 12.8 Å². The third kappa shape index (κ3) is 1.63. The molecule has 2 heteroatoms. The molecule has 2 aliphatic rings. The van der Waals surface area contributed by atoms with Crippen molar-refractivity contribution in [2.45, 2.75) is 44.2 Å². The summed E-state index contributed by atoms with van der Waals surface area (Å²) in [6, 6.07) is 1.35. The normalized spacial score (nSPS) is 37.1. The number of Topliss-reactive ketones (excluding diaryl/α,β-unsaturated/α-hetero) is 1. The second-order valence-corrected chi connectivity index (χ2v) is 4.68. The van der Waals surface area contributed by atoms with Gasteiger partial charge in [-0.25, -0.2) is 0 Å². The lowest BCUT2D eigenvalue weighted by Crippen LogP contribution is -2.41. The Morgan fingerprint density at radius 3 is 2.50 bits per heavy atom. The third-order valence-corrected chi connectivity index (χ3v) is 3.90. The Bertz CT molecular complexity index is 235. The standard InChI is InChI=1S/C12H19NO/c1-3-4-12(14)9-7-10-5-6-11(8-9)13(10)2/h3,9-11H,1,4-8H2,2H3. The highest BCUT2D eigenvalue weighted by Gasteiger charge is 2.40. The maximum absolute atomic E-state index is 11.7. The van der Waals surface area contributed by atoms with Gasteiger partial charge in [0.15, 0.2) is 0 Å². The van der Waals surface area contributed by atoms with E-state index in [9.17, 15) is 4.79 Å². The first kappa shape index (κ1) is 9.91. The molecule has 0 spiro atoms. The van der Waals surface area contributed by atoms with Gasteiger partial charge in [-0.2, -0.15) is 0 Å². The lowest BCUT2D eigenvalue weighted by atomic mass is 9.86. The predicted molar refractivity (Wildman–Crippen MR) is 57.1 cm³/mol.